The molecular weight excluding hydrogens is 380 g/mol. The second kappa shape index (κ2) is 6.91. The molecule has 0 saturated heterocycles. The molecule has 0 unspecified atom stereocenters. The summed E-state index contributed by atoms with van der Waals surface area (Å²) in [6.07, 6.45) is 2.63. The zero-order chi connectivity index (χ0) is 20.0. The molecule has 1 aliphatic rings. The molecule has 0 aliphatic carbocycles. The zero-order valence-corrected chi connectivity index (χ0v) is 16.6. The number of benzene rings is 1. The lowest BCUT2D eigenvalue weighted by Crippen LogP contribution is -2.36. The van der Waals surface area contributed by atoms with Gasteiger partial charge in [0.2, 0.25) is 0 Å². The average Bonchev–Trinajstić information content (AvgIpc) is 3.00. The van der Waals surface area contributed by atoms with Crippen molar-refractivity contribution in [3.8, 4) is 0 Å². The summed E-state index contributed by atoms with van der Waals surface area (Å²) in [7, 11) is 0. The minimum absolute atomic E-state index is 0.0852. The van der Waals surface area contributed by atoms with Crippen molar-refractivity contribution in [2.75, 3.05) is 13.1 Å². The Bertz CT molecular complexity index is 1170. The molecule has 7 nitrogen and oxygen atoms in total. The summed E-state index contributed by atoms with van der Waals surface area (Å²) in [6, 6.07) is 5.23. The predicted octanol–water partition coefficient (Wildman–Crippen LogP) is 3.35. The highest BCUT2D eigenvalue weighted by Crippen LogP contribution is 2.25. The molecule has 0 spiro atoms. The van der Waals surface area contributed by atoms with Gasteiger partial charge in [-0.2, -0.15) is 4.98 Å². The predicted molar refractivity (Wildman–Crippen MR) is 107 cm³/mol. The van der Waals surface area contributed by atoms with Gasteiger partial charge in [0.15, 0.2) is 0 Å². The lowest BCUT2D eigenvalue weighted by atomic mass is 10.1. The van der Waals surface area contributed by atoms with Crippen LogP contribution in [-0.4, -0.2) is 38.6 Å². The molecule has 0 fully saturated rings. The minimum Gasteiger partial charge on any atom is -0.361 e. The summed E-state index contributed by atoms with van der Waals surface area (Å²) in [6.45, 7) is 6.32. The number of rotatable bonds is 2. The Morgan fingerprint density at radius 3 is 2.68 bits per heavy atom. The fourth-order valence-corrected chi connectivity index (χ4v) is 3.83. The number of carbonyl (C=O) groups is 1. The number of amides is 1. The maximum Gasteiger partial charge on any atom is 0.280 e. The van der Waals surface area contributed by atoms with Gasteiger partial charge in [-0.1, -0.05) is 16.8 Å². The average molecular weight is 399 g/mol. The Hall–Kier alpha value is -2.93. The maximum atomic E-state index is 12.8. The van der Waals surface area contributed by atoms with Gasteiger partial charge in [-0.05, 0) is 45.0 Å². The summed E-state index contributed by atoms with van der Waals surface area (Å²) in [5.41, 5.74) is 2.59. The van der Waals surface area contributed by atoms with Crippen LogP contribution in [0, 0.1) is 20.8 Å². The Morgan fingerprint density at radius 1 is 1.25 bits per heavy atom. The summed E-state index contributed by atoms with van der Waals surface area (Å²) in [4.78, 5) is 31.0. The van der Waals surface area contributed by atoms with Crippen molar-refractivity contribution in [2.45, 2.75) is 27.2 Å². The SMILES string of the molecule is Cc1noc(C)c1C(=O)N1CC=C(n2c(C)nc(=O)c3cc(Cl)ccc32)CC1. The summed E-state index contributed by atoms with van der Waals surface area (Å²) >= 11 is 6.05. The Balaban J connectivity index is 1.70. The second-order valence-electron chi connectivity index (χ2n) is 6.86. The first-order valence-electron chi connectivity index (χ1n) is 8.97. The molecule has 1 aromatic carbocycles. The Labute approximate surface area is 166 Å². The fourth-order valence-electron chi connectivity index (χ4n) is 3.66. The number of aryl methyl sites for hydroxylation is 3. The van der Waals surface area contributed by atoms with Crippen molar-refractivity contribution in [1.82, 2.24) is 19.6 Å². The third-order valence-electron chi connectivity index (χ3n) is 5.02. The lowest BCUT2D eigenvalue weighted by molar-refractivity contribution is 0.0769. The van der Waals surface area contributed by atoms with E-state index in [0.29, 0.717) is 52.8 Å². The maximum absolute atomic E-state index is 12.8. The normalized spacial score (nSPS) is 14.4. The van der Waals surface area contributed by atoms with Gasteiger partial charge in [-0.15, -0.1) is 0 Å². The molecule has 0 atom stereocenters. The molecule has 0 bridgehead atoms. The first kappa shape index (κ1) is 18.4. The molecule has 4 rings (SSSR count). The van der Waals surface area contributed by atoms with E-state index in [1.807, 2.05) is 16.7 Å². The largest absolute Gasteiger partial charge is 0.361 e. The van der Waals surface area contributed by atoms with Crippen LogP contribution in [0.4, 0.5) is 0 Å². The summed E-state index contributed by atoms with van der Waals surface area (Å²) in [5.74, 6) is 1.05. The highest BCUT2D eigenvalue weighted by molar-refractivity contribution is 6.31. The van der Waals surface area contributed by atoms with Gasteiger partial charge in [-0.3, -0.25) is 9.59 Å². The molecule has 0 saturated carbocycles. The number of nitrogens with zero attached hydrogens (tertiary/aromatic N) is 4. The molecular formula is C20H19ClN4O3. The monoisotopic (exact) mass is 398 g/mol. The summed E-state index contributed by atoms with van der Waals surface area (Å²) in [5, 5.41) is 4.84. The van der Waals surface area contributed by atoms with Crippen LogP contribution < -0.4 is 5.56 Å². The minimum atomic E-state index is -0.294. The topological polar surface area (TPSA) is 81.2 Å². The van der Waals surface area contributed by atoms with E-state index in [-0.39, 0.29) is 11.5 Å². The van der Waals surface area contributed by atoms with Crippen LogP contribution in [0.15, 0.2) is 33.6 Å². The van der Waals surface area contributed by atoms with Crippen molar-refractivity contribution < 1.29 is 9.32 Å². The number of hydrogen-bond acceptors (Lipinski definition) is 5. The number of hydrogen-bond donors (Lipinski definition) is 0. The third-order valence-corrected chi connectivity index (χ3v) is 5.26. The standard InChI is InChI=1S/C20H19ClN4O3/c1-11-18(12(2)28-23-11)20(27)24-8-6-15(7-9-24)25-13(3)22-19(26)16-10-14(21)4-5-17(16)25/h4-6,10H,7-9H2,1-3H3. The van der Waals surface area contributed by atoms with E-state index in [4.69, 9.17) is 16.1 Å². The van der Waals surface area contributed by atoms with Crippen LogP contribution >= 0.6 is 11.6 Å². The third kappa shape index (κ3) is 3.01. The van der Waals surface area contributed by atoms with E-state index in [1.165, 1.54) is 0 Å². The van der Waals surface area contributed by atoms with Crippen LogP contribution in [0.3, 0.4) is 0 Å². The van der Waals surface area contributed by atoms with Gasteiger partial charge in [0.25, 0.3) is 11.5 Å². The number of aromatic nitrogens is 3. The van der Waals surface area contributed by atoms with E-state index in [9.17, 15) is 9.59 Å². The molecule has 3 aromatic rings. The number of carbonyl (C=O) groups excluding carboxylic acids is 1. The van der Waals surface area contributed by atoms with E-state index < -0.39 is 0 Å². The molecule has 1 amide bonds. The van der Waals surface area contributed by atoms with Crippen molar-refractivity contribution in [3.05, 3.63) is 62.5 Å². The van der Waals surface area contributed by atoms with Crippen molar-refractivity contribution >= 4 is 34.1 Å². The molecule has 144 valence electrons. The van der Waals surface area contributed by atoms with Crippen LogP contribution in [0.1, 0.15) is 34.1 Å². The number of fused-ring (bicyclic) bond motifs is 1. The molecule has 0 radical (unpaired) electrons. The van der Waals surface area contributed by atoms with E-state index >= 15 is 0 Å². The Morgan fingerprint density at radius 2 is 2.04 bits per heavy atom. The van der Waals surface area contributed by atoms with Gasteiger partial charge < -0.3 is 14.0 Å². The quantitative estimate of drug-likeness (QED) is 0.661. The fraction of sp³-hybridized carbons (Fsp3) is 0.300. The van der Waals surface area contributed by atoms with Crippen LogP contribution in [0.25, 0.3) is 16.6 Å². The van der Waals surface area contributed by atoms with Crippen molar-refractivity contribution in [1.29, 1.82) is 0 Å². The van der Waals surface area contributed by atoms with Crippen LogP contribution in [-0.2, 0) is 0 Å². The van der Waals surface area contributed by atoms with E-state index in [0.717, 1.165) is 11.2 Å². The van der Waals surface area contributed by atoms with Gasteiger partial charge in [-0.25, -0.2) is 0 Å². The highest BCUT2D eigenvalue weighted by atomic mass is 35.5. The van der Waals surface area contributed by atoms with Crippen LogP contribution in [0.5, 0.6) is 0 Å². The first-order valence-corrected chi connectivity index (χ1v) is 9.35. The van der Waals surface area contributed by atoms with Gasteiger partial charge in [0, 0.05) is 30.2 Å². The molecule has 0 N–H and O–H groups in total. The van der Waals surface area contributed by atoms with E-state index in [2.05, 4.69) is 10.1 Å². The second-order valence-corrected chi connectivity index (χ2v) is 7.29. The summed E-state index contributed by atoms with van der Waals surface area (Å²) < 4.78 is 7.08. The van der Waals surface area contributed by atoms with Gasteiger partial charge >= 0.3 is 0 Å². The molecule has 1 aliphatic heterocycles. The van der Waals surface area contributed by atoms with Gasteiger partial charge in [0.1, 0.15) is 17.1 Å². The molecule has 8 heteroatoms. The van der Waals surface area contributed by atoms with E-state index in [1.54, 1.807) is 37.8 Å². The lowest BCUT2D eigenvalue weighted by Gasteiger charge is -2.28. The molecule has 2 aromatic heterocycles. The van der Waals surface area contributed by atoms with Crippen molar-refractivity contribution in [2.24, 2.45) is 0 Å². The smallest absolute Gasteiger partial charge is 0.280 e. The first-order chi connectivity index (χ1) is 13.4. The van der Waals surface area contributed by atoms with Gasteiger partial charge in [0.05, 0.1) is 16.6 Å². The molecule has 3 heterocycles. The zero-order valence-electron chi connectivity index (χ0n) is 15.8. The van der Waals surface area contributed by atoms with Crippen molar-refractivity contribution in [3.63, 3.8) is 0 Å². The Kier molecular flexibility index (Phi) is 4.55. The number of halogens is 1. The van der Waals surface area contributed by atoms with Crippen LogP contribution in [0.2, 0.25) is 5.02 Å². The molecule has 28 heavy (non-hydrogen) atoms. The highest BCUT2D eigenvalue weighted by Gasteiger charge is 2.25.